The molecule has 2 aromatic rings. The first-order valence-electron chi connectivity index (χ1n) is 8.43. The fourth-order valence-corrected chi connectivity index (χ4v) is 2.64. The Hall–Kier alpha value is -2.53. The summed E-state index contributed by atoms with van der Waals surface area (Å²) in [5, 5.41) is 6.21. The second kappa shape index (κ2) is 9.82. The molecule has 138 valence electrons. The van der Waals surface area contributed by atoms with Crippen LogP contribution in [0.5, 0.6) is 5.75 Å². The Balaban J connectivity index is 1.82. The number of ether oxygens (including phenoxy) is 1. The van der Waals surface area contributed by atoms with E-state index >= 15 is 0 Å². The molecule has 1 unspecified atom stereocenters. The van der Waals surface area contributed by atoms with E-state index in [4.69, 9.17) is 16.3 Å². The molecular formula is C20H23ClN2O3. The summed E-state index contributed by atoms with van der Waals surface area (Å²) >= 11 is 5.89. The van der Waals surface area contributed by atoms with Crippen LogP contribution in [0.25, 0.3) is 0 Å². The third-order valence-corrected chi connectivity index (χ3v) is 3.97. The molecule has 0 radical (unpaired) electrons. The molecule has 0 aromatic heterocycles. The van der Waals surface area contributed by atoms with Crippen LogP contribution in [0.3, 0.4) is 0 Å². The van der Waals surface area contributed by atoms with Crippen molar-refractivity contribution in [3.8, 4) is 5.75 Å². The van der Waals surface area contributed by atoms with Crippen LogP contribution in [0.15, 0.2) is 48.5 Å². The van der Waals surface area contributed by atoms with Crippen molar-refractivity contribution in [1.29, 1.82) is 0 Å². The van der Waals surface area contributed by atoms with Crippen molar-refractivity contribution in [3.05, 3.63) is 64.7 Å². The molecule has 0 saturated carbocycles. The first kappa shape index (κ1) is 19.8. The summed E-state index contributed by atoms with van der Waals surface area (Å²) in [6.07, 6.45) is 0.145. The van der Waals surface area contributed by atoms with E-state index in [9.17, 15) is 9.59 Å². The maximum Gasteiger partial charge on any atom is 0.222 e. The number of hydrogen-bond donors (Lipinski definition) is 2. The van der Waals surface area contributed by atoms with E-state index in [2.05, 4.69) is 10.6 Å². The molecule has 2 aromatic carbocycles. The summed E-state index contributed by atoms with van der Waals surface area (Å²) in [4.78, 5) is 23.6. The van der Waals surface area contributed by atoms with Crippen molar-refractivity contribution in [2.45, 2.75) is 26.3 Å². The molecule has 1 atom stereocenters. The van der Waals surface area contributed by atoms with E-state index in [0.29, 0.717) is 18.2 Å². The van der Waals surface area contributed by atoms with Crippen LogP contribution in [0.1, 0.15) is 30.5 Å². The summed E-state index contributed by atoms with van der Waals surface area (Å²) in [5.41, 5.74) is 1.95. The third kappa shape index (κ3) is 6.76. The zero-order valence-corrected chi connectivity index (χ0v) is 15.7. The number of nitrogens with one attached hydrogen (secondary N) is 2. The van der Waals surface area contributed by atoms with E-state index in [1.807, 2.05) is 31.2 Å². The Morgan fingerprint density at radius 3 is 2.54 bits per heavy atom. The maximum atomic E-state index is 12.2. The van der Waals surface area contributed by atoms with Crippen molar-refractivity contribution in [2.24, 2.45) is 0 Å². The van der Waals surface area contributed by atoms with Gasteiger partial charge in [-0.15, -0.1) is 0 Å². The second-order valence-corrected chi connectivity index (χ2v) is 6.46. The Bertz CT molecular complexity index is 747. The Morgan fingerprint density at radius 2 is 1.88 bits per heavy atom. The molecule has 0 aliphatic carbocycles. The van der Waals surface area contributed by atoms with Gasteiger partial charge in [0.25, 0.3) is 0 Å². The van der Waals surface area contributed by atoms with Crippen LogP contribution in [0, 0.1) is 6.92 Å². The summed E-state index contributed by atoms with van der Waals surface area (Å²) in [7, 11) is 0. The quantitative estimate of drug-likeness (QED) is 0.696. The fraction of sp³-hybridized carbons (Fsp3) is 0.300. The van der Waals surface area contributed by atoms with Gasteiger partial charge in [-0.2, -0.15) is 0 Å². The number of amides is 2. The minimum absolute atomic E-state index is 0.145. The van der Waals surface area contributed by atoms with Gasteiger partial charge in [0.05, 0.1) is 19.0 Å². The number of halogens is 1. The van der Waals surface area contributed by atoms with E-state index in [0.717, 1.165) is 16.9 Å². The summed E-state index contributed by atoms with van der Waals surface area (Å²) in [6.45, 7) is 4.19. The molecule has 0 fully saturated rings. The SMILES string of the molecule is CC(=O)NC(CC(=O)NCCOc1cccc(C)c1)c1ccc(Cl)cc1. The van der Waals surface area contributed by atoms with Gasteiger partial charge in [-0.25, -0.2) is 0 Å². The van der Waals surface area contributed by atoms with E-state index < -0.39 is 6.04 Å². The first-order chi connectivity index (χ1) is 12.4. The molecule has 0 bridgehead atoms. The standard InChI is InChI=1S/C20H23ClN2O3/c1-14-4-3-5-18(12-14)26-11-10-22-20(25)13-19(23-15(2)24)16-6-8-17(21)9-7-16/h3-9,12,19H,10-11,13H2,1-2H3,(H,22,25)(H,23,24). The Labute approximate surface area is 158 Å². The largest absolute Gasteiger partial charge is 0.492 e. The van der Waals surface area contributed by atoms with Gasteiger partial charge in [-0.05, 0) is 42.3 Å². The molecule has 0 spiro atoms. The van der Waals surface area contributed by atoms with Crippen molar-refractivity contribution in [1.82, 2.24) is 10.6 Å². The summed E-state index contributed by atoms with van der Waals surface area (Å²) in [5.74, 6) is 0.420. The number of benzene rings is 2. The zero-order chi connectivity index (χ0) is 18.9. The van der Waals surface area contributed by atoms with Crippen molar-refractivity contribution < 1.29 is 14.3 Å². The molecule has 6 heteroatoms. The molecule has 0 heterocycles. The normalized spacial score (nSPS) is 11.5. The van der Waals surface area contributed by atoms with Gasteiger partial charge in [-0.1, -0.05) is 35.9 Å². The highest BCUT2D eigenvalue weighted by atomic mass is 35.5. The molecular weight excluding hydrogens is 352 g/mol. The van der Waals surface area contributed by atoms with Gasteiger partial charge in [0, 0.05) is 11.9 Å². The summed E-state index contributed by atoms with van der Waals surface area (Å²) < 4.78 is 5.61. The Kier molecular flexibility index (Phi) is 7.48. The number of rotatable bonds is 8. The predicted molar refractivity (Wildman–Crippen MR) is 102 cm³/mol. The van der Waals surface area contributed by atoms with E-state index in [-0.39, 0.29) is 18.2 Å². The summed E-state index contributed by atoms with van der Waals surface area (Å²) in [6, 6.07) is 14.4. The molecule has 2 N–H and O–H groups in total. The minimum atomic E-state index is -0.401. The van der Waals surface area contributed by atoms with Gasteiger partial charge >= 0.3 is 0 Å². The topological polar surface area (TPSA) is 67.4 Å². The van der Waals surface area contributed by atoms with Crippen LogP contribution in [-0.4, -0.2) is 25.0 Å². The first-order valence-corrected chi connectivity index (χ1v) is 8.80. The Morgan fingerprint density at radius 1 is 1.15 bits per heavy atom. The number of aryl methyl sites for hydroxylation is 1. The molecule has 26 heavy (non-hydrogen) atoms. The second-order valence-electron chi connectivity index (χ2n) is 6.02. The van der Waals surface area contributed by atoms with Gasteiger partial charge in [0.1, 0.15) is 12.4 Å². The lowest BCUT2D eigenvalue weighted by atomic mass is 10.0. The molecule has 2 amide bonds. The molecule has 0 aliphatic heterocycles. The molecule has 2 rings (SSSR count). The van der Waals surface area contributed by atoms with Crippen LogP contribution >= 0.6 is 11.6 Å². The number of carbonyl (C=O) groups excluding carboxylic acids is 2. The van der Waals surface area contributed by atoms with Gasteiger partial charge in [-0.3, -0.25) is 9.59 Å². The fourth-order valence-electron chi connectivity index (χ4n) is 2.51. The monoisotopic (exact) mass is 374 g/mol. The lowest BCUT2D eigenvalue weighted by Gasteiger charge is -2.18. The molecule has 5 nitrogen and oxygen atoms in total. The van der Waals surface area contributed by atoms with Gasteiger partial charge in [0.15, 0.2) is 0 Å². The van der Waals surface area contributed by atoms with Crippen LogP contribution in [0.2, 0.25) is 5.02 Å². The maximum absolute atomic E-state index is 12.2. The highest BCUT2D eigenvalue weighted by molar-refractivity contribution is 6.30. The highest BCUT2D eigenvalue weighted by Crippen LogP contribution is 2.19. The third-order valence-electron chi connectivity index (χ3n) is 3.72. The van der Waals surface area contributed by atoms with Crippen molar-refractivity contribution in [2.75, 3.05) is 13.2 Å². The van der Waals surface area contributed by atoms with Crippen molar-refractivity contribution >= 4 is 23.4 Å². The number of hydrogen-bond acceptors (Lipinski definition) is 3. The highest BCUT2D eigenvalue weighted by Gasteiger charge is 2.17. The van der Waals surface area contributed by atoms with Gasteiger partial charge < -0.3 is 15.4 Å². The predicted octanol–water partition coefficient (Wildman–Crippen LogP) is 3.41. The van der Waals surface area contributed by atoms with Crippen molar-refractivity contribution in [3.63, 3.8) is 0 Å². The average molecular weight is 375 g/mol. The smallest absolute Gasteiger partial charge is 0.222 e. The van der Waals surface area contributed by atoms with Gasteiger partial charge in [0.2, 0.25) is 11.8 Å². The average Bonchev–Trinajstić information content (AvgIpc) is 2.58. The van der Waals surface area contributed by atoms with Crippen LogP contribution < -0.4 is 15.4 Å². The lowest BCUT2D eigenvalue weighted by Crippen LogP contribution is -2.34. The van der Waals surface area contributed by atoms with E-state index in [1.165, 1.54) is 6.92 Å². The molecule has 0 saturated heterocycles. The van der Waals surface area contributed by atoms with Crippen LogP contribution in [-0.2, 0) is 9.59 Å². The lowest BCUT2D eigenvalue weighted by molar-refractivity contribution is -0.122. The molecule has 0 aliphatic rings. The minimum Gasteiger partial charge on any atom is -0.492 e. The van der Waals surface area contributed by atoms with Crippen LogP contribution in [0.4, 0.5) is 0 Å². The van der Waals surface area contributed by atoms with E-state index in [1.54, 1.807) is 24.3 Å². The zero-order valence-electron chi connectivity index (χ0n) is 14.9. The number of carbonyl (C=O) groups is 2.